The highest BCUT2D eigenvalue weighted by Gasteiger charge is 2.12. The summed E-state index contributed by atoms with van der Waals surface area (Å²) in [5.41, 5.74) is 0.670. The standard InChI is InChI=1S/C16H21N5O2S/c1-19(2)8-9-20-6-4-12-5-7-21(16(22)15(12)20)10-14-17-13(11-24-3)18-23-14/h4-7H,8-11H2,1-3H3. The van der Waals surface area contributed by atoms with Crippen molar-refractivity contribution in [2.24, 2.45) is 0 Å². The first-order valence-corrected chi connectivity index (χ1v) is 9.11. The van der Waals surface area contributed by atoms with Gasteiger partial charge in [-0.05, 0) is 32.5 Å². The van der Waals surface area contributed by atoms with Gasteiger partial charge in [0.25, 0.3) is 5.56 Å². The lowest BCUT2D eigenvalue weighted by molar-refractivity contribution is 0.366. The van der Waals surface area contributed by atoms with E-state index in [1.54, 1.807) is 22.5 Å². The van der Waals surface area contributed by atoms with Crippen molar-refractivity contribution in [3.8, 4) is 0 Å². The molecule has 3 rings (SSSR count). The van der Waals surface area contributed by atoms with Crippen LogP contribution in [-0.2, 0) is 18.8 Å². The number of hydrogen-bond acceptors (Lipinski definition) is 6. The van der Waals surface area contributed by atoms with Crippen molar-refractivity contribution < 1.29 is 4.52 Å². The number of rotatable bonds is 7. The molecule has 3 aromatic heterocycles. The number of fused-ring (bicyclic) bond motifs is 1. The van der Waals surface area contributed by atoms with Gasteiger partial charge in [-0.3, -0.25) is 4.79 Å². The molecule has 0 saturated heterocycles. The van der Waals surface area contributed by atoms with Gasteiger partial charge < -0.3 is 18.6 Å². The Morgan fingerprint density at radius 2 is 2.00 bits per heavy atom. The molecule has 0 aliphatic rings. The van der Waals surface area contributed by atoms with Gasteiger partial charge in [0.1, 0.15) is 12.1 Å². The lowest BCUT2D eigenvalue weighted by Gasteiger charge is -2.11. The molecular formula is C16H21N5O2S. The Balaban J connectivity index is 1.89. The summed E-state index contributed by atoms with van der Waals surface area (Å²) < 4.78 is 8.85. The van der Waals surface area contributed by atoms with E-state index in [-0.39, 0.29) is 12.1 Å². The number of likely N-dealkylation sites (N-methyl/N-ethyl adjacent to an activating group) is 1. The van der Waals surface area contributed by atoms with Crippen LogP contribution in [0.5, 0.6) is 0 Å². The minimum Gasteiger partial charge on any atom is -0.342 e. The van der Waals surface area contributed by atoms with E-state index in [9.17, 15) is 4.79 Å². The zero-order valence-electron chi connectivity index (χ0n) is 14.1. The van der Waals surface area contributed by atoms with E-state index in [1.807, 2.05) is 43.2 Å². The van der Waals surface area contributed by atoms with Gasteiger partial charge in [0, 0.05) is 30.9 Å². The van der Waals surface area contributed by atoms with E-state index in [1.165, 1.54) is 0 Å². The Morgan fingerprint density at radius 1 is 1.25 bits per heavy atom. The number of thioether (sulfide) groups is 1. The molecule has 0 bridgehead atoms. The molecule has 0 aromatic carbocycles. The molecule has 0 fully saturated rings. The highest BCUT2D eigenvalue weighted by atomic mass is 32.2. The quantitative estimate of drug-likeness (QED) is 0.647. The van der Waals surface area contributed by atoms with Gasteiger partial charge >= 0.3 is 0 Å². The summed E-state index contributed by atoms with van der Waals surface area (Å²) in [6, 6.07) is 3.92. The van der Waals surface area contributed by atoms with Crippen molar-refractivity contribution in [2.45, 2.75) is 18.8 Å². The predicted molar refractivity (Wildman–Crippen MR) is 95.4 cm³/mol. The molecule has 128 valence electrons. The second kappa shape index (κ2) is 7.23. The van der Waals surface area contributed by atoms with Gasteiger partial charge in [0.05, 0.1) is 5.75 Å². The Bertz CT molecular complexity index is 880. The smallest absolute Gasteiger partial charge is 0.275 e. The van der Waals surface area contributed by atoms with Crippen molar-refractivity contribution in [1.82, 2.24) is 24.2 Å². The molecule has 0 aliphatic heterocycles. The summed E-state index contributed by atoms with van der Waals surface area (Å²) in [6.45, 7) is 1.93. The molecule has 0 radical (unpaired) electrons. The summed E-state index contributed by atoms with van der Waals surface area (Å²) in [4.78, 5) is 19.2. The van der Waals surface area contributed by atoms with E-state index >= 15 is 0 Å². The summed E-state index contributed by atoms with van der Waals surface area (Å²) >= 11 is 1.63. The van der Waals surface area contributed by atoms with Crippen LogP contribution in [0.2, 0.25) is 0 Å². The molecule has 0 aliphatic carbocycles. The van der Waals surface area contributed by atoms with Crippen molar-refractivity contribution in [2.75, 3.05) is 26.9 Å². The van der Waals surface area contributed by atoms with Gasteiger partial charge in [-0.25, -0.2) is 0 Å². The number of hydrogen-bond donors (Lipinski definition) is 0. The van der Waals surface area contributed by atoms with Crippen molar-refractivity contribution in [1.29, 1.82) is 0 Å². The van der Waals surface area contributed by atoms with Crippen LogP contribution >= 0.6 is 11.8 Å². The Morgan fingerprint density at radius 3 is 2.71 bits per heavy atom. The Kier molecular flexibility index (Phi) is 5.06. The van der Waals surface area contributed by atoms with Gasteiger partial charge in [0.2, 0.25) is 5.89 Å². The molecule has 7 nitrogen and oxygen atoms in total. The molecule has 0 atom stereocenters. The number of aromatic nitrogens is 4. The van der Waals surface area contributed by atoms with Gasteiger partial charge in [-0.15, -0.1) is 0 Å². The van der Waals surface area contributed by atoms with E-state index in [0.717, 1.165) is 18.5 Å². The summed E-state index contributed by atoms with van der Waals surface area (Å²) in [7, 11) is 4.04. The van der Waals surface area contributed by atoms with Crippen LogP contribution in [0.4, 0.5) is 0 Å². The van der Waals surface area contributed by atoms with Crippen LogP contribution in [0, 0.1) is 0 Å². The maximum absolute atomic E-state index is 12.8. The molecule has 3 heterocycles. The molecule has 0 N–H and O–H groups in total. The first-order valence-electron chi connectivity index (χ1n) is 7.72. The molecule has 3 aromatic rings. The highest BCUT2D eigenvalue weighted by Crippen LogP contribution is 2.12. The molecule has 24 heavy (non-hydrogen) atoms. The summed E-state index contributed by atoms with van der Waals surface area (Å²) in [5, 5.41) is 4.87. The van der Waals surface area contributed by atoms with E-state index in [0.29, 0.717) is 23.0 Å². The summed E-state index contributed by atoms with van der Waals surface area (Å²) in [6.07, 6.45) is 5.72. The van der Waals surface area contributed by atoms with Crippen LogP contribution in [0.25, 0.3) is 10.9 Å². The molecular weight excluding hydrogens is 326 g/mol. The largest absolute Gasteiger partial charge is 0.342 e. The second-order valence-corrected chi connectivity index (χ2v) is 6.77. The third-order valence-corrected chi connectivity index (χ3v) is 4.32. The van der Waals surface area contributed by atoms with Crippen molar-refractivity contribution in [3.63, 3.8) is 0 Å². The zero-order chi connectivity index (χ0) is 17.1. The third kappa shape index (κ3) is 3.54. The van der Waals surface area contributed by atoms with Crippen LogP contribution in [-0.4, -0.2) is 51.1 Å². The highest BCUT2D eigenvalue weighted by molar-refractivity contribution is 7.97. The summed E-state index contributed by atoms with van der Waals surface area (Å²) in [5.74, 6) is 1.80. The zero-order valence-corrected chi connectivity index (χ0v) is 14.9. The van der Waals surface area contributed by atoms with Crippen LogP contribution in [0.3, 0.4) is 0 Å². The number of pyridine rings is 1. The van der Waals surface area contributed by atoms with E-state index in [4.69, 9.17) is 4.52 Å². The molecule has 8 heteroatoms. The fourth-order valence-corrected chi connectivity index (χ4v) is 2.93. The SMILES string of the molecule is CSCc1noc(Cn2ccc3ccn(CCN(C)C)c3c2=O)n1. The normalized spacial score (nSPS) is 11.7. The topological polar surface area (TPSA) is 69.1 Å². The molecule has 0 unspecified atom stereocenters. The van der Waals surface area contributed by atoms with E-state index in [2.05, 4.69) is 15.0 Å². The fraction of sp³-hybridized carbons (Fsp3) is 0.438. The lowest BCUT2D eigenvalue weighted by Crippen LogP contribution is -2.24. The van der Waals surface area contributed by atoms with E-state index < -0.39 is 0 Å². The fourth-order valence-electron chi connectivity index (χ4n) is 2.55. The first kappa shape index (κ1) is 16.8. The Hall–Kier alpha value is -2.06. The predicted octanol–water partition coefficient (Wildman–Crippen LogP) is 1.66. The third-order valence-electron chi connectivity index (χ3n) is 3.77. The van der Waals surface area contributed by atoms with Crippen molar-refractivity contribution in [3.05, 3.63) is 46.6 Å². The minimum absolute atomic E-state index is 0.0409. The average molecular weight is 347 g/mol. The van der Waals surface area contributed by atoms with Gasteiger partial charge in [-0.2, -0.15) is 16.7 Å². The second-order valence-electron chi connectivity index (χ2n) is 5.90. The van der Waals surface area contributed by atoms with Gasteiger partial charge in [0.15, 0.2) is 5.82 Å². The maximum atomic E-state index is 12.8. The molecule has 0 spiro atoms. The monoisotopic (exact) mass is 347 g/mol. The number of nitrogens with zero attached hydrogens (tertiary/aromatic N) is 5. The van der Waals surface area contributed by atoms with Crippen LogP contribution in [0.15, 0.2) is 33.8 Å². The maximum Gasteiger partial charge on any atom is 0.275 e. The molecule has 0 saturated carbocycles. The molecule has 0 amide bonds. The minimum atomic E-state index is -0.0409. The van der Waals surface area contributed by atoms with Crippen molar-refractivity contribution >= 4 is 22.7 Å². The Labute approximate surface area is 144 Å². The van der Waals surface area contributed by atoms with Gasteiger partial charge in [-0.1, -0.05) is 5.16 Å². The first-order chi connectivity index (χ1) is 11.6. The average Bonchev–Trinajstić information content (AvgIpc) is 3.15. The lowest BCUT2D eigenvalue weighted by atomic mass is 10.3. The van der Waals surface area contributed by atoms with Crippen LogP contribution < -0.4 is 5.56 Å². The van der Waals surface area contributed by atoms with Crippen LogP contribution in [0.1, 0.15) is 11.7 Å².